The van der Waals surface area contributed by atoms with Gasteiger partial charge in [-0.2, -0.15) is 8.78 Å². The van der Waals surface area contributed by atoms with Crippen LogP contribution in [0, 0.1) is 0 Å². The molecule has 2 aromatic heterocycles. The van der Waals surface area contributed by atoms with Crippen molar-refractivity contribution in [1.82, 2.24) is 4.57 Å². The highest BCUT2D eigenvalue weighted by atomic mass is 35.5. The summed E-state index contributed by atoms with van der Waals surface area (Å²) in [6.07, 6.45) is 0. The minimum absolute atomic E-state index is 0.0531. The lowest BCUT2D eigenvalue weighted by molar-refractivity contribution is -0.0498. The normalized spacial score (nSPS) is 13.3. The molecule has 2 heterocycles. The van der Waals surface area contributed by atoms with Crippen molar-refractivity contribution in [3.8, 4) is 16.3 Å². The Morgan fingerprint density at radius 1 is 1.19 bits per heavy atom. The van der Waals surface area contributed by atoms with Crippen LogP contribution in [-0.4, -0.2) is 24.9 Å². The first kappa shape index (κ1) is 20.0. The van der Waals surface area contributed by atoms with Crippen molar-refractivity contribution in [3.05, 3.63) is 50.9 Å². The molecule has 0 aliphatic rings. The molecule has 0 unspecified atom stereocenters. The lowest BCUT2D eigenvalue weighted by Crippen LogP contribution is -2.22. The van der Waals surface area contributed by atoms with Gasteiger partial charge >= 0.3 is 6.61 Å². The zero-order valence-corrected chi connectivity index (χ0v) is 17.0. The summed E-state index contributed by atoms with van der Waals surface area (Å²) in [6, 6.07) is 10.1. The van der Waals surface area contributed by atoms with Gasteiger partial charge in [0.1, 0.15) is 5.75 Å². The first-order valence-corrected chi connectivity index (χ1v) is 10.1. The van der Waals surface area contributed by atoms with Crippen LogP contribution < -0.4 is 9.54 Å². The summed E-state index contributed by atoms with van der Waals surface area (Å²) < 4.78 is 37.1. The Labute approximate surface area is 168 Å². The molecule has 0 aliphatic heterocycles. The number of nitrogens with zero attached hydrogens (tertiary/aromatic N) is 2. The van der Waals surface area contributed by atoms with Gasteiger partial charge in [-0.25, -0.2) is 4.99 Å². The average molecular weight is 431 g/mol. The standard InChI is InChI=1S/C18H17ClF2N2O2S2/c1-11(9-24-2)23-14(15-7-8-16(19)27-15)10-26-18(23)22-12-3-5-13(6-4-12)25-17(20)21/h3-8,10-11,17H,9H2,1-2H3/t11-/m1/s1. The van der Waals surface area contributed by atoms with Gasteiger partial charge in [0.15, 0.2) is 4.80 Å². The van der Waals surface area contributed by atoms with Crippen LogP contribution in [0.4, 0.5) is 14.5 Å². The fourth-order valence-corrected chi connectivity index (χ4v) is 4.73. The number of aromatic nitrogens is 1. The monoisotopic (exact) mass is 430 g/mol. The molecular formula is C18H17ClF2N2O2S2. The molecule has 1 atom stereocenters. The Morgan fingerprint density at radius 3 is 2.52 bits per heavy atom. The first-order valence-electron chi connectivity index (χ1n) is 8.02. The predicted molar refractivity (Wildman–Crippen MR) is 106 cm³/mol. The Morgan fingerprint density at radius 2 is 1.93 bits per heavy atom. The number of rotatable bonds is 7. The second kappa shape index (κ2) is 8.97. The Hall–Kier alpha value is -1.74. The molecule has 4 nitrogen and oxygen atoms in total. The molecule has 27 heavy (non-hydrogen) atoms. The number of alkyl halides is 2. The van der Waals surface area contributed by atoms with Gasteiger partial charge in [-0.15, -0.1) is 22.7 Å². The number of benzene rings is 1. The number of hydrogen-bond donors (Lipinski definition) is 0. The van der Waals surface area contributed by atoms with Gasteiger partial charge in [-0.1, -0.05) is 11.6 Å². The highest BCUT2D eigenvalue weighted by molar-refractivity contribution is 7.19. The van der Waals surface area contributed by atoms with E-state index >= 15 is 0 Å². The molecule has 1 aromatic carbocycles. The Balaban J connectivity index is 2.01. The molecule has 0 bridgehead atoms. The van der Waals surface area contributed by atoms with Crippen LogP contribution >= 0.6 is 34.3 Å². The van der Waals surface area contributed by atoms with Gasteiger partial charge in [0.05, 0.1) is 33.2 Å². The molecule has 0 spiro atoms. The maximum atomic E-state index is 12.3. The third kappa shape index (κ3) is 4.95. The number of methoxy groups -OCH3 is 1. The van der Waals surface area contributed by atoms with E-state index in [9.17, 15) is 8.78 Å². The molecule has 0 N–H and O–H groups in total. The number of ether oxygens (including phenoxy) is 2. The predicted octanol–water partition coefficient (Wildman–Crippen LogP) is 5.97. The van der Waals surface area contributed by atoms with Gasteiger partial charge in [0, 0.05) is 12.5 Å². The van der Waals surface area contributed by atoms with Gasteiger partial charge < -0.3 is 14.0 Å². The summed E-state index contributed by atoms with van der Waals surface area (Å²) in [5.41, 5.74) is 1.66. The Bertz CT molecular complexity index is 951. The van der Waals surface area contributed by atoms with Crippen molar-refractivity contribution >= 4 is 40.0 Å². The van der Waals surface area contributed by atoms with E-state index in [1.807, 2.05) is 24.4 Å². The van der Waals surface area contributed by atoms with Gasteiger partial charge in [0.25, 0.3) is 0 Å². The van der Waals surface area contributed by atoms with E-state index in [1.165, 1.54) is 34.8 Å². The zero-order chi connectivity index (χ0) is 19.4. The summed E-state index contributed by atoms with van der Waals surface area (Å²) in [5, 5.41) is 2.03. The molecule has 0 fully saturated rings. The molecule has 3 aromatic rings. The average Bonchev–Trinajstić information content (AvgIpc) is 3.22. The highest BCUT2D eigenvalue weighted by Gasteiger charge is 2.15. The zero-order valence-electron chi connectivity index (χ0n) is 14.6. The molecule has 0 saturated carbocycles. The molecule has 0 aliphatic carbocycles. The second-order valence-corrected chi connectivity index (χ2v) is 8.22. The SMILES string of the molecule is COC[C@@H](C)n1c(-c2ccc(Cl)s2)csc1=Nc1ccc(OC(F)F)cc1. The van der Waals surface area contributed by atoms with Crippen LogP contribution in [0.25, 0.3) is 10.6 Å². The van der Waals surface area contributed by atoms with Crippen LogP contribution in [0.15, 0.2) is 46.8 Å². The van der Waals surface area contributed by atoms with Crippen LogP contribution in [0.3, 0.4) is 0 Å². The van der Waals surface area contributed by atoms with Crippen LogP contribution in [0.2, 0.25) is 4.34 Å². The number of hydrogen-bond acceptors (Lipinski definition) is 5. The molecule has 3 rings (SSSR count). The third-order valence-electron chi connectivity index (χ3n) is 3.70. The summed E-state index contributed by atoms with van der Waals surface area (Å²) in [4.78, 5) is 6.49. The summed E-state index contributed by atoms with van der Waals surface area (Å²) in [7, 11) is 1.66. The van der Waals surface area contributed by atoms with Crippen molar-refractivity contribution < 1.29 is 18.3 Å². The van der Waals surface area contributed by atoms with Crippen molar-refractivity contribution in [2.75, 3.05) is 13.7 Å². The van der Waals surface area contributed by atoms with E-state index in [4.69, 9.17) is 16.3 Å². The van der Waals surface area contributed by atoms with Crippen LogP contribution in [-0.2, 0) is 4.74 Å². The fraction of sp³-hybridized carbons (Fsp3) is 0.278. The summed E-state index contributed by atoms with van der Waals surface area (Å²) in [6.45, 7) is -0.271. The van der Waals surface area contributed by atoms with Crippen LogP contribution in [0.1, 0.15) is 13.0 Å². The maximum Gasteiger partial charge on any atom is 0.387 e. The molecular weight excluding hydrogens is 414 g/mol. The van der Waals surface area contributed by atoms with E-state index in [2.05, 4.69) is 14.3 Å². The van der Waals surface area contributed by atoms with Crippen molar-refractivity contribution in [1.29, 1.82) is 0 Å². The molecule has 0 radical (unpaired) electrons. The van der Waals surface area contributed by atoms with Crippen molar-refractivity contribution in [3.63, 3.8) is 0 Å². The summed E-state index contributed by atoms with van der Waals surface area (Å²) >= 11 is 9.09. The van der Waals surface area contributed by atoms with E-state index < -0.39 is 6.61 Å². The highest BCUT2D eigenvalue weighted by Crippen LogP contribution is 2.33. The topological polar surface area (TPSA) is 35.8 Å². The third-order valence-corrected chi connectivity index (χ3v) is 5.80. The Kier molecular flexibility index (Phi) is 6.64. The quantitative estimate of drug-likeness (QED) is 0.462. The van der Waals surface area contributed by atoms with Gasteiger partial charge in [-0.05, 0) is 43.3 Å². The van der Waals surface area contributed by atoms with Crippen molar-refractivity contribution in [2.45, 2.75) is 19.6 Å². The van der Waals surface area contributed by atoms with Crippen molar-refractivity contribution in [2.24, 2.45) is 4.99 Å². The smallest absolute Gasteiger partial charge is 0.387 e. The molecule has 144 valence electrons. The lowest BCUT2D eigenvalue weighted by atomic mass is 10.3. The molecule has 0 saturated heterocycles. The summed E-state index contributed by atoms with van der Waals surface area (Å²) in [5.74, 6) is 0.102. The van der Waals surface area contributed by atoms with E-state index in [-0.39, 0.29) is 11.8 Å². The van der Waals surface area contributed by atoms with Gasteiger partial charge in [0.2, 0.25) is 0 Å². The molecule has 9 heteroatoms. The fourth-order valence-electron chi connectivity index (χ4n) is 2.59. The van der Waals surface area contributed by atoms with E-state index in [0.29, 0.717) is 12.3 Å². The van der Waals surface area contributed by atoms with E-state index in [0.717, 1.165) is 19.7 Å². The van der Waals surface area contributed by atoms with Gasteiger partial charge in [-0.3, -0.25) is 0 Å². The number of thiazole rings is 1. The largest absolute Gasteiger partial charge is 0.435 e. The second-order valence-electron chi connectivity index (χ2n) is 5.67. The minimum Gasteiger partial charge on any atom is -0.435 e. The van der Waals surface area contributed by atoms with E-state index in [1.54, 1.807) is 19.2 Å². The minimum atomic E-state index is -2.85. The van der Waals surface area contributed by atoms with Crippen LogP contribution in [0.5, 0.6) is 5.75 Å². The molecule has 0 amide bonds. The lowest BCUT2D eigenvalue weighted by Gasteiger charge is -2.15. The maximum absolute atomic E-state index is 12.3. The number of halogens is 3. The number of thiophene rings is 1. The first-order chi connectivity index (χ1) is 13.0.